The summed E-state index contributed by atoms with van der Waals surface area (Å²) in [5.74, 6) is -1.72. The summed E-state index contributed by atoms with van der Waals surface area (Å²) in [6.07, 6.45) is 1.81. The Hall–Kier alpha value is -1.91. The highest BCUT2D eigenvalue weighted by Crippen LogP contribution is 2.28. The average Bonchev–Trinajstić information content (AvgIpc) is 2.69. The fourth-order valence-corrected chi connectivity index (χ4v) is 1.31. The number of carbonyl (C=O) groups is 1. The molecule has 1 aliphatic heterocycles. The molecule has 0 aliphatic carbocycles. The van der Waals surface area contributed by atoms with Crippen LogP contribution in [0.3, 0.4) is 0 Å². The summed E-state index contributed by atoms with van der Waals surface area (Å²) < 4.78 is 35.9. The first-order chi connectivity index (χ1) is 7.22. The minimum absolute atomic E-state index is 0.0347. The molecule has 0 radical (unpaired) electrons. The van der Waals surface area contributed by atoms with E-state index in [-0.39, 0.29) is 11.1 Å². The zero-order valence-corrected chi connectivity index (χ0v) is 7.44. The molecule has 1 aliphatic rings. The lowest BCUT2D eigenvalue weighted by atomic mass is 10.1. The van der Waals surface area contributed by atoms with Gasteiger partial charge in [-0.15, -0.1) is 0 Å². The van der Waals surface area contributed by atoms with Crippen molar-refractivity contribution >= 4 is 6.29 Å². The highest BCUT2D eigenvalue weighted by molar-refractivity contribution is 5.77. The number of aldehydes is 1. The molecule has 3 nitrogen and oxygen atoms in total. The topological polar surface area (TPSA) is 35.5 Å². The van der Waals surface area contributed by atoms with Gasteiger partial charge in [-0.1, -0.05) is 0 Å². The molecule has 15 heavy (non-hydrogen) atoms. The Morgan fingerprint density at radius 3 is 2.47 bits per heavy atom. The van der Waals surface area contributed by atoms with E-state index >= 15 is 0 Å². The highest BCUT2D eigenvalue weighted by Gasteiger charge is 2.22. The molecule has 0 N–H and O–H groups in total. The van der Waals surface area contributed by atoms with Crippen molar-refractivity contribution in [2.75, 3.05) is 0 Å². The maximum absolute atomic E-state index is 13.2. The third-order valence-electron chi connectivity index (χ3n) is 1.96. The van der Waals surface area contributed by atoms with Crippen molar-refractivity contribution in [3.05, 3.63) is 47.4 Å². The van der Waals surface area contributed by atoms with Gasteiger partial charge in [0.1, 0.15) is 24.2 Å². The van der Waals surface area contributed by atoms with Gasteiger partial charge in [-0.2, -0.15) is 0 Å². The van der Waals surface area contributed by atoms with Crippen LogP contribution in [0.4, 0.5) is 8.78 Å². The zero-order chi connectivity index (χ0) is 10.8. The van der Waals surface area contributed by atoms with Crippen LogP contribution >= 0.6 is 0 Å². The van der Waals surface area contributed by atoms with Crippen molar-refractivity contribution in [1.82, 2.24) is 0 Å². The predicted molar refractivity (Wildman–Crippen MR) is 45.8 cm³/mol. The van der Waals surface area contributed by atoms with Crippen molar-refractivity contribution in [2.45, 2.75) is 6.29 Å². The number of rotatable bonds is 2. The van der Waals surface area contributed by atoms with E-state index in [4.69, 9.17) is 9.47 Å². The van der Waals surface area contributed by atoms with E-state index in [0.717, 1.165) is 6.07 Å². The van der Waals surface area contributed by atoms with Crippen LogP contribution in [-0.2, 0) is 9.47 Å². The van der Waals surface area contributed by atoms with Crippen molar-refractivity contribution < 1.29 is 23.0 Å². The van der Waals surface area contributed by atoms with E-state index in [1.54, 1.807) is 0 Å². The largest absolute Gasteiger partial charge is 0.455 e. The van der Waals surface area contributed by atoms with E-state index < -0.39 is 17.9 Å². The van der Waals surface area contributed by atoms with Crippen LogP contribution in [0.25, 0.3) is 0 Å². The van der Waals surface area contributed by atoms with Gasteiger partial charge in [0.2, 0.25) is 0 Å². The van der Waals surface area contributed by atoms with Gasteiger partial charge in [-0.3, -0.25) is 4.79 Å². The lowest BCUT2D eigenvalue weighted by molar-refractivity contribution is -0.0254. The van der Waals surface area contributed by atoms with Crippen LogP contribution < -0.4 is 0 Å². The third-order valence-corrected chi connectivity index (χ3v) is 1.96. The fourth-order valence-electron chi connectivity index (χ4n) is 1.31. The third kappa shape index (κ3) is 1.68. The molecule has 0 saturated heterocycles. The summed E-state index contributed by atoms with van der Waals surface area (Å²) >= 11 is 0. The Balaban J connectivity index is 2.48. The van der Waals surface area contributed by atoms with Gasteiger partial charge in [0.15, 0.2) is 6.29 Å². The molecule has 0 spiro atoms. The lowest BCUT2D eigenvalue weighted by Crippen LogP contribution is -2.05. The van der Waals surface area contributed by atoms with E-state index in [0.29, 0.717) is 12.4 Å². The number of hydrogen-bond acceptors (Lipinski definition) is 3. The molecule has 0 saturated carbocycles. The van der Waals surface area contributed by atoms with Crippen molar-refractivity contribution in [1.29, 1.82) is 0 Å². The van der Waals surface area contributed by atoms with E-state index in [1.807, 2.05) is 0 Å². The van der Waals surface area contributed by atoms with Crippen LogP contribution in [0.1, 0.15) is 22.2 Å². The standard InChI is InChI=1S/C10H6F2O3/c11-6-3-7(10-14-1-2-15-10)8(5-13)9(12)4-6/h1-5,10H. The fraction of sp³-hybridized carbons (Fsp3) is 0.100. The average molecular weight is 212 g/mol. The van der Waals surface area contributed by atoms with Gasteiger partial charge in [0.05, 0.1) is 5.56 Å². The van der Waals surface area contributed by atoms with Crippen LogP contribution in [0, 0.1) is 11.6 Å². The molecule has 0 amide bonds. The minimum atomic E-state index is -0.963. The normalized spacial score (nSPS) is 14.8. The van der Waals surface area contributed by atoms with E-state index in [1.165, 1.54) is 12.5 Å². The molecule has 78 valence electrons. The molecule has 0 fully saturated rings. The first-order valence-electron chi connectivity index (χ1n) is 4.12. The highest BCUT2D eigenvalue weighted by atomic mass is 19.1. The number of ether oxygens (including phenoxy) is 2. The molecule has 1 aromatic carbocycles. The van der Waals surface area contributed by atoms with E-state index in [9.17, 15) is 13.6 Å². The Labute approximate surface area is 83.9 Å². The predicted octanol–water partition coefficient (Wildman–Crippen LogP) is 2.29. The van der Waals surface area contributed by atoms with Crippen molar-refractivity contribution in [3.63, 3.8) is 0 Å². The SMILES string of the molecule is O=Cc1c(F)cc(F)cc1C1OC=CO1. The van der Waals surface area contributed by atoms with Crippen molar-refractivity contribution in [2.24, 2.45) is 0 Å². The molecule has 0 bridgehead atoms. The van der Waals surface area contributed by atoms with Gasteiger partial charge in [-0.05, 0) is 6.07 Å². The van der Waals surface area contributed by atoms with E-state index in [2.05, 4.69) is 0 Å². The van der Waals surface area contributed by atoms with Crippen LogP contribution in [0.2, 0.25) is 0 Å². The monoisotopic (exact) mass is 212 g/mol. The van der Waals surface area contributed by atoms with Crippen LogP contribution in [-0.4, -0.2) is 6.29 Å². The Morgan fingerprint density at radius 2 is 1.87 bits per heavy atom. The number of benzene rings is 1. The molecule has 1 aromatic rings. The maximum atomic E-state index is 13.2. The summed E-state index contributed by atoms with van der Waals surface area (Å²) in [6, 6.07) is 1.64. The molecule has 2 rings (SSSR count). The van der Waals surface area contributed by atoms with Crippen LogP contribution in [0.15, 0.2) is 24.7 Å². The molecular formula is C10H6F2O3. The summed E-state index contributed by atoms with van der Waals surface area (Å²) in [4.78, 5) is 10.6. The summed E-state index contributed by atoms with van der Waals surface area (Å²) in [5.41, 5.74) is -0.224. The quantitative estimate of drug-likeness (QED) is 0.705. The second-order valence-electron chi connectivity index (χ2n) is 2.88. The van der Waals surface area contributed by atoms with Gasteiger partial charge in [-0.25, -0.2) is 8.78 Å². The van der Waals surface area contributed by atoms with Gasteiger partial charge in [0.25, 0.3) is 6.29 Å². The number of carbonyl (C=O) groups excluding carboxylic acids is 1. The lowest BCUT2D eigenvalue weighted by Gasteiger charge is -2.12. The molecular weight excluding hydrogens is 206 g/mol. The summed E-state index contributed by atoms with van der Waals surface area (Å²) in [6.45, 7) is 0. The Morgan fingerprint density at radius 1 is 1.20 bits per heavy atom. The maximum Gasteiger partial charge on any atom is 0.267 e. The van der Waals surface area contributed by atoms with Gasteiger partial charge < -0.3 is 9.47 Å². The first kappa shape index (κ1) is 9.64. The number of halogens is 2. The van der Waals surface area contributed by atoms with Gasteiger partial charge >= 0.3 is 0 Å². The summed E-state index contributed by atoms with van der Waals surface area (Å²) in [5, 5.41) is 0. The number of hydrogen-bond donors (Lipinski definition) is 0. The van der Waals surface area contributed by atoms with Gasteiger partial charge in [0, 0.05) is 11.6 Å². The Bertz CT molecular complexity index is 421. The van der Waals surface area contributed by atoms with Crippen molar-refractivity contribution in [3.8, 4) is 0 Å². The minimum Gasteiger partial charge on any atom is -0.455 e. The van der Waals surface area contributed by atoms with Crippen LogP contribution in [0.5, 0.6) is 0 Å². The summed E-state index contributed by atoms with van der Waals surface area (Å²) in [7, 11) is 0. The molecule has 0 aromatic heterocycles. The molecule has 1 heterocycles. The Kier molecular flexibility index (Phi) is 2.37. The first-order valence-corrected chi connectivity index (χ1v) is 4.12. The second kappa shape index (κ2) is 3.68. The molecule has 0 unspecified atom stereocenters. The zero-order valence-electron chi connectivity index (χ0n) is 7.44. The smallest absolute Gasteiger partial charge is 0.267 e. The molecule has 5 heteroatoms. The second-order valence-corrected chi connectivity index (χ2v) is 2.88. The molecule has 0 atom stereocenters.